The van der Waals surface area contributed by atoms with E-state index in [1.165, 1.54) is 16.4 Å². The van der Waals surface area contributed by atoms with Gasteiger partial charge in [0.05, 0.1) is 15.5 Å². The minimum Gasteiger partial charge on any atom is -0.366 e. The predicted molar refractivity (Wildman–Crippen MR) is 146 cm³/mol. The summed E-state index contributed by atoms with van der Waals surface area (Å²) in [6, 6.07) is 12.1. The topological polar surface area (TPSA) is 90.9 Å². The van der Waals surface area contributed by atoms with Crippen molar-refractivity contribution in [2.75, 3.05) is 0 Å². The molecule has 3 saturated carbocycles. The van der Waals surface area contributed by atoms with Crippen LogP contribution < -0.4 is 10.6 Å². The van der Waals surface area contributed by atoms with E-state index in [4.69, 9.17) is 16.6 Å². The molecule has 4 aliphatic rings. The van der Waals surface area contributed by atoms with Crippen LogP contribution in [0, 0.1) is 11.2 Å². The molecule has 6 rings (SSSR count). The molecule has 0 aromatic heterocycles. The minimum atomic E-state index is -3.87. The molecule has 0 spiro atoms. The predicted octanol–water partition coefficient (Wildman–Crippen LogP) is 4.66. The Bertz CT molecular complexity index is 1400. The van der Waals surface area contributed by atoms with E-state index in [1.54, 1.807) is 36.4 Å². The number of nitrogens with one attached hydrogen (secondary N) is 2. The third-order valence-electron chi connectivity index (χ3n) is 7.80. The molecule has 204 valence electrons. The summed E-state index contributed by atoms with van der Waals surface area (Å²) >= 11 is 5.87. The van der Waals surface area contributed by atoms with E-state index < -0.39 is 33.0 Å². The smallest absolute Gasteiger partial charge is 0.247 e. The Hall–Kier alpha value is -2.49. The number of hydrogen-bond acceptors (Lipinski definition) is 5. The highest BCUT2D eigenvalue weighted by atomic mass is 35.5. The lowest BCUT2D eigenvalue weighted by molar-refractivity contribution is -0.151. The SMILES string of the molecule is CC(C)(C)NC(=O)[C@@H]1N=C(C23CC(N(Cc4ccc(Cl)c(F)c4)S(=O)(=O)c4ccccc4)(C2)C3)NC1(C)C. The van der Waals surface area contributed by atoms with Crippen molar-refractivity contribution in [3.8, 4) is 0 Å². The van der Waals surface area contributed by atoms with Crippen LogP contribution >= 0.6 is 11.6 Å². The number of amides is 1. The van der Waals surface area contributed by atoms with Crippen LogP contribution in [0.2, 0.25) is 5.02 Å². The van der Waals surface area contributed by atoms with Gasteiger partial charge in [-0.1, -0.05) is 35.9 Å². The lowest BCUT2D eigenvalue weighted by Gasteiger charge is -2.73. The van der Waals surface area contributed by atoms with Crippen LogP contribution in [0.1, 0.15) is 59.4 Å². The van der Waals surface area contributed by atoms with Gasteiger partial charge in [0.1, 0.15) is 11.7 Å². The number of carbonyl (C=O) groups excluding carboxylic acids is 1. The van der Waals surface area contributed by atoms with E-state index in [1.807, 2.05) is 34.6 Å². The number of nitrogens with zero attached hydrogens (tertiary/aromatic N) is 2. The van der Waals surface area contributed by atoms with E-state index in [-0.39, 0.29) is 33.3 Å². The Labute approximate surface area is 228 Å². The average Bonchev–Trinajstić information content (AvgIpc) is 3.08. The van der Waals surface area contributed by atoms with Crippen LogP contribution in [0.15, 0.2) is 58.4 Å². The first-order valence-corrected chi connectivity index (χ1v) is 14.6. The highest BCUT2D eigenvalue weighted by molar-refractivity contribution is 7.89. The highest BCUT2D eigenvalue weighted by Gasteiger charge is 2.75. The second kappa shape index (κ2) is 8.76. The number of sulfonamides is 1. The van der Waals surface area contributed by atoms with E-state index in [0.29, 0.717) is 24.8 Å². The molecule has 1 aliphatic heterocycles. The number of hydrogen-bond donors (Lipinski definition) is 2. The molecule has 1 amide bonds. The zero-order chi connectivity index (χ0) is 27.7. The summed E-state index contributed by atoms with van der Waals surface area (Å²) in [4.78, 5) is 18.0. The second-order valence-corrected chi connectivity index (χ2v) is 14.8. The van der Waals surface area contributed by atoms with Crippen LogP contribution in [0.4, 0.5) is 4.39 Å². The van der Waals surface area contributed by atoms with E-state index >= 15 is 0 Å². The number of carbonyl (C=O) groups is 1. The van der Waals surface area contributed by atoms with Crippen molar-refractivity contribution >= 4 is 33.4 Å². The van der Waals surface area contributed by atoms with Crippen molar-refractivity contribution in [3.63, 3.8) is 0 Å². The van der Waals surface area contributed by atoms with Gasteiger partial charge in [0.15, 0.2) is 6.04 Å². The van der Waals surface area contributed by atoms with Crippen molar-refractivity contribution in [2.24, 2.45) is 10.4 Å². The van der Waals surface area contributed by atoms with Crippen LogP contribution in [-0.2, 0) is 21.4 Å². The fraction of sp³-hybridized carbons (Fsp3) is 0.500. The molecule has 0 radical (unpaired) electrons. The van der Waals surface area contributed by atoms with Gasteiger partial charge >= 0.3 is 0 Å². The van der Waals surface area contributed by atoms with E-state index in [2.05, 4.69) is 10.6 Å². The second-order valence-electron chi connectivity index (χ2n) is 12.6. The lowest BCUT2D eigenvalue weighted by atomic mass is 9.38. The van der Waals surface area contributed by atoms with Crippen molar-refractivity contribution in [2.45, 2.75) is 88.0 Å². The number of benzene rings is 2. The summed E-state index contributed by atoms with van der Waals surface area (Å²) in [5.41, 5.74) is -1.32. The molecule has 3 fully saturated rings. The summed E-state index contributed by atoms with van der Waals surface area (Å²) in [6.45, 7) is 9.75. The number of amidine groups is 1. The summed E-state index contributed by atoms with van der Waals surface area (Å²) in [7, 11) is -3.87. The molecule has 0 saturated heterocycles. The van der Waals surface area contributed by atoms with Crippen molar-refractivity contribution in [3.05, 3.63) is 64.9 Å². The van der Waals surface area contributed by atoms with Crippen molar-refractivity contribution < 1.29 is 17.6 Å². The Morgan fingerprint density at radius 1 is 1.16 bits per heavy atom. The van der Waals surface area contributed by atoms with Crippen molar-refractivity contribution in [1.82, 2.24) is 14.9 Å². The normalized spacial score (nSPS) is 27.7. The monoisotopic (exact) mass is 560 g/mol. The van der Waals surface area contributed by atoms with Gasteiger partial charge in [0, 0.05) is 23.0 Å². The molecule has 2 bridgehead atoms. The number of aliphatic imine (C=N–C) groups is 1. The Morgan fingerprint density at radius 2 is 1.79 bits per heavy atom. The molecule has 2 aromatic carbocycles. The standard InChI is InChI=1S/C28H34ClFN4O3S/c1-25(2,3)32-23(35)22-26(4,5)33-24(31-22)27-15-28(16-27,17-27)34(14-18-11-12-20(29)21(30)13-18)38(36,37)19-9-7-6-8-10-19/h6-13,22H,14-17H2,1-5H3,(H,31,33)(H,32,35)/t22-,27?,28?/m0/s1. The first-order valence-electron chi connectivity index (χ1n) is 12.8. The van der Waals surface area contributed by atoms with Gasteiger partial charge in [0.2, 0.25) is 15.9 Å². The summed E-state index contributed by atoms with van der Waals surface area (Å²) in [5.74, 6) is 0.0546. The molecule has 7 nitrogen and oxygen atoms in total. The van der Waals surface area contributed by atoms with Crippen LogP contribution in [0.5, 0.6) is 0 Å². The van der Waals surface area contributed by atoms with Crippen LogP contribution in [0.25, 0.3) is 0 Å². The molecule has 1 heterocycles. The highest BCUT2D eigenvalue weighted by Crippen LogP contribution is 2.71. The summed E-state index contributed by atoms with van der Waals surface area (Å²) in [5, 5.41) is 6.49. The molecule has 2 aromatic rings. The average molecular weight is 561 g/mol. The maximum Gasteiger partial charge on any atom is 0.247 e. The first kappa shape index (κ1) is 27.1. The molecule has 10 heteroatoms. The largest absolute Gasteiger partial charge is 0.366 e. The maximum absolute atomic E-state index is 14.2. The van der Waals surface area contributed by atoms with Gasteiger partial charge in [-0.05, 0) is 83.7 Å². The summed E-state index contributed by atoms with van der Waals surface area (Å²) in [6.07, 6.45) is 1.74. The van der Waals surface area contributed by atoms with Gasteiger partial charge in [-0.25, -0.2) is 12.8 Å². The lowest BCUT2D eigenvalue weighted by Crippen LogP contribution is -2.78. The molecule has 38 heavy (non-hydrogen) atoms. The van der Waals surface area contributed by atoms with Gasteiger partial charge in [-0.15, -0.1) is 0 Å². The number of halogens is 2. The van der Waals surface area contributed by atoms with Crippen molar-refractivity contribution in [1.29, 1.82) is 0 Å². The fourth-order valence-electron chi connectivity index (χ4n) is 6.07. The maximum atomic E-state index is 14.2. The van der Waals surface area contributed by atoms with E-state index in [9.17, 15) is 17.6 Å². The molecular formula is C28H34ClFN4O3S. The quantitative estimate of drug-likeness (QED) is 0.515. The van der Waals surface area contributed by atoms with Gasteiger partial charge in [0.25, 0.3) is 0 Å². The third-order valence-corrected chi connectivity index (χ3v) is 10.1. The number of rotatable bonds is 7. The molecule has 3 aliphatic carbocycles. The molecular weight excluding hydrogens is 527 g/mol. The van der Waals surface area contributed by atoms with Gasteiger partial charge < -0.3 is 10.6 Å². The van der Waals surface area contributed by atoms with E-state index in [0.717, 1.165) is 5.84 Å². The molecule has 1 atom stereocenters. The van der Waals surface area contributed by atoms with Gasteiger partial charge in [-0.3, -0.25) is 9.79 Å². The first-order chi connectivity index (χ1) is 17.6. The Kier molecular flexibility index (Phi) is 6.25. The van der Waals surface area contributed by atoms with Gasteiger partial charge in [-0.2, -0.15) is 4.31 Å². The molecule has 2 N–H and O–H groups in total. The zero-order valence-corrected chi connectivity index (χ0v) is 23.9. The van der Waals surface area contributed by atoms with Crippen LogP contribution in [-0.4, -0.2) is 47.1 Å². The summed E-state index contributed by atoms with van der Waals surface area (Å²) < 4.78 is 43.5. The van der Waals surface area contributed by atoms with Crippen LogP contribution in [0.3, 0.4) is 0 Å². The Morgan fingerprint density at radius 3 is 2.37 bits per heavy atom. The third kappa shape index (κ3) is 4.52. The molecule has 0 unspecified atom stereocenters. The fourth-order valence-corrected chi connectivity index (χ4v) is 7.97. The zero-order valence-electron chi connectivity index (χ0n) is 22.3. The Balaban J connectivity index is 1.42. The minimum absolute atomic E-state index is 0.00586.